The molecule has 0 spiro atoms. The summed E-state index contributed by atoms with van der Waals surface area (Å²) < 4.78 is 41.0. The minimum Gasteiger partial charge on any atom is -0.476 e. The fourth-order valence-electron chi connectivity index (χ4n) is 1.19. The molecule has 1 rings (SSSR count). The van der Waals surface area contributed by atoms with Gasteiger partial charge in [-0.25, -0.2) is 17.9 Å². The minimum atomic E-state index is -4.37. The molecule has 9 heteroatoms. The van der Waals surface area contributed by atoms with Crippen molar-refractivity contribution < 1.29 is 22.5 Å². The number of nitrogens with two attached hydrogens (primary N) is 1. The van der Waals surface area contributed by atoms with Gasteiger partial charge in [-0.3, -0.25) is 10.1 Å². The molecule has 0 saturated carbocycles. The van der Waals surface area contributed by atoms with E-state index in [9.17, 15) is 22.9 Å². The van der Waals surface area contributed by atoms with Gasteiger partial charge in [0, 0.05) is 6.07 Å². The number of hydrogen-bond acceptors (Lipinski definition) is 5. The summed E-state index contributed by atoms with van der Waals surface area (Å²) in [6.45, 7) is 1.24. The molecule has 19 heavy (non-hydrogen) atoms. The Kier molecular flexibility index (Phi) is 4.42. The van der Waals surface area contributed by atoms with Crippen molar-refractivity contribution in [3.05, 3.63) is 28.1 Å². The standard InChI is InChI=1S/C10H9FN2O5S/c1-2-3-4-18-10-8(11)5-7(13(14)15)6-9(10)19(12,16)17/h5-6H,4H2,1H3,(H2,12,16,17). The molecule has 102 valence electrons. The maximum atomic E-state index is 13.6. The number of benzene rings is 1. The zero-order chi connectivity index (χ0) is 14.6. The van der Waals surface area contributed by atoms with Gasteiger partial charge in [0.25, 0.3) is 5.69 Å². The molecule has 0 saturated heterocycles. The maximum Gasteiger partial charge on any atom is 0.274 e. The number of non-ortho nitro benzene ring substituents is 1. The monoisotopic (exact) mass is 288 g/mol. The number of primary sulfonamides is 1. The SMILES string of the molecule is CC#CCOc1c(F)cc([N+](=O)[O-])cc1S(N)(=O)=O. The largest absolute Gasteiger partial charge is 0.476 e. The average molecular weight is 288 g/mol. The van der Waals surface area contributed by atoms with E-state index in [0.29, 0.717) is 12.1 Å². The first-order chi connectivity index (χ1) is 8.77. The van der Waals surface area contributed by atoms with Crippen LogP contribution in [-0.4, -0.2) is 19.9 Å². The Morgan fingerprint density at radius 3 is 2.63 bits per heavy atom. The van der Waals surface area contributed by atoms with Crippen molar-refractivity contribution in [2.24, 2.45) is 5.14 Å². The molecule has 0 aliphatic rings. The average Bonchev–Trinajstić information content (AvgIpc) is 2.29. The third-order valence-electron chi connectivity index (χ3n) is 1.98. The molecule has 0 radical (unpaired) electrons. The normalized spacial score (nSPS) is 10.5. The Labute approximate surface area is 108 Å². The summed E-state index contributed by atoms with van der Waals surface area (Å²) in [5.41, 5.74) is -0.740. The van der Waals surface area contributed by atoms with E-state index in [2.05, 4.69) is 11.8 Å². The van der Waals surface area contributed by atoms with E-state index >= 15 is 0 Å². The van der Waals surface area contributed by atoms with Gasteiger partial charge < -0.3 is 4.74 Å². The van der Waals surface area contributed by atoms with E-state index in [0.717, 1.165) is 0 Å². The molecule has 1 aromatic carbocycles. The molecular weight excluding hydrogens is 279 g/mol. The number of hydrogen-bond donors (Lipinski definition) is 1. The van der Waals surface area contributed by atoms with E-state index in [1.165, 1.54) is 6.92 Å². The summed E-state index contributed by atoms with van der Waals surface area (Å²) in [5.74, 6) is 3.01. The van der Waals surface area contributed by atoms with Crippen LogP contribution in [0.5, 0.6) is 5.75 Å². The summed E-state index contributed by atoms with van der Waals surface area (Å²) in [6, 6.07) is 1.18. The number of nitro groups is 1. The van der Waals surface area contributed by atoms with Crippen LogP contribution in [0.1, 0.15) is 6.92 Å². The van der Waals surface area contributed by atoms with Gasteiger partial charge in [0.15, 0.2) is 11.6 Å². The molecule has 0 heterocycles. The van der Waals surface area contributed by atoms with Crippen LogP contribution in [0.4, 0.5) is 10.1 Å². The van der Waals surface area contributed by atoms with Gasteiger partial charge in [0.2, 0.25) is 10.0 Å². The predicted octanol–water partition coefficient (Wildman–Crippen LogP) is 0.783. The molecule has 7 nitrogen and oxygen atoms in total. The molecule has 0 bridgehead atoms. The van der Waals surface area contributed by atoms with Gasteiger partial charge in [-0.1, -0.05) is 5.92 Å². The van der Waals surface area contributed by atoms with Crippen LogP contribution in [0, 0.1) is 27.8 Å². The van der Waals surface area contributed by atoms with E-state index < -0.39 is 37.1 Å². The first kappa shape index (κ1) is 14.9. The molecule has 2 N–H and O–H groups in total. The Hall–Kier alpha value is -2.18. The van der Waals surface area contributed by atoms with Gasteiger partial charge in [0.1, 0.15) is 11.5 Å². The van der Waals surface area contributed by atoms with E-state index in [4.69, 9.17) is 9.88 Å². The minimum absolute atomic E-state index is 0.270. The topological polar surface area (TPSA) is 113 Å². The predicted molar refractivity (Wildman–Crippen MR) is 63.4 cm³/mol. The smallest absolute Gasteiger partial charge is 0.274 e. The summed E-state index contributed by atoms with van der Waals surface area (Å²) in [5, 5.41) is 15.4. The lowest BCUT2D eigenvalue weighted by atomic mass is 10.3. The number of nitro benzene ring substituents is 1. The van der Waals surface area contributed by atoms with Gasteiger partial charge in [-0.05, 0) is 6.92 Å². The fraction of sp³-hybridized carbons (Fsp3) is 0.200. The van der Waals surface area contributed by atoms with Crippen LogP contribution in [0.25, 0.3) is 0 Å². The number of rotatable bonds is 4. The highest BCUT2D eigenvalue weighted by molar-refractivity contribution is 7.89. The molecular formula is C10H9FN2O5S. The lowest BCUT2D eigenvalue weighted by Gasteiger charge is -2.08. The molecule has 0 amide bonds. The zero-order valence-electron chi connectivity index (χ0n) is 9.71. The number of halogens is 1. The van der Waals surface area contributed by atoms with Gasteiger partial charge >= 0.3 is 0 Å². The van der Waals surface area contributed by atoms with Crippen molar-refractivity contribution in [3.63, 3.8) is 0 Å². The highest BCUT2D eigenvalue weighted by Gasteiger charge is 2.24. The number of sulfonamides is 1. The van der Waals surface area contributed by atoms with Crippen molar-refractivity contribution in [1.82, 2.24) is 0 Å². The van der Waals surface area contributed by atoms with Crippen LogP contribution >= 0.6 is 0 Å². The van der Waals surface area contributed by atoms with Crippen molar-refractivity contribution in [3.8, 4) is 17.6 Å². The van der Waals surface area contributed by atoms with Gasteiger partial charge in [-0.2, -0.15) is 0 Å². The molecule has 0 fully saturated rings. The van der Waals surface area contributed by atoms with Crippen LogP contribution in [-0.2, 0) is 10.0 Å². The second kappa shape index (κ2) is 5.64. The van der Waals surface area contributed by atoms with Gasteiger partial charge in [0.05, 0.1) is 11.0 Å². The lowest BCUT2D eigenvalue weighted by molar-refractivity contribution is -0.385. The van der Waals surface area contributed by atoms with Crippen molar-refractivity contribution in [1.29, 1.82) is 0 Å². The second-order valence-electron chi connectivity index (χ2n) is 3.27. The third kappa shape index (κ3) is 3.64. The number of nitrogens with zero attached hydrogens (tertiary/aromatic N) is 1. The molecule has 0 aliphatic carbocycles. The highest BCUT2D eigenvalue weighted by Crippen LogP contribution is 2.31. The Bertz CT molecular complexity index is 675. The van der Waals surface area contributed by atoms with E-state index in [1.807, 2.05) is 0 Å². The fourth-order valence-corrected chi connectivity index (χ4v) is 1.89. The summed E-state index contributed by atoms with van der Waals surface area (Å²) in [7, 11) is -4.37. The van der Waals surface area contributed by atoms with Gasteiger partial charge in [-0.15, -0.1) is 5.92 Å². The highest BCUT2D eigenvalue weighted by atomic mass is 32.2. The molecule has 0 atom stereocenters. The molecule has 0 aliphatic heterocycles. The quantitative estimate of drug-likeness (QED) is 0.500. The Morgan fingerprint density at radius 2 is 2.16 bits per heavy atom. The maximum absolute atomic E-state index is 13.6. The first-order valence-electron chi connectivity index (χ1n) is 4.80. The van der Waals surface area contributed by atoms with Crippen LogP contribution < -0.4 is 9.88 Å². The van der Waals surface area contributed by atoms with Crippen LogP contribution in [0.2, 0.25) is 0 Å². The van der Waals surface area contributed by atoms with Crippen molar-refractivity contribution in [2.75, 3.05) is 6.61 Å². The Morgan fingerprint density at radius 1 is 1.53 bits per heavy atom. The Balaban J connectivity index is 3.42. The van der Waals surface area contributed by atoms with Crippen molar-refractivity contribution in [2.45, 2.75) is 11.8 Å². The third-order valence-corrected chi connectivity index (χ3v) is 2.89. The molecule has 0 unspecified atom stereocenters. The summed E-state index contributed by atoms with van der Waals surface area (Å²) in [4.78, 5) is 8.81. The first-order valence-corrected chi connectivity index (χ1v) is 6.35. The van der Waals surface area contributed by atoms with E-state index in [-0.39, 0.29) is 6.61 Å². The van der Waals surface area contributed by atoms with Crippen LogP contribution in [0.3, 0.4) is 0 Å². The second-order valence-corrected chi connectivity index (χ2v) is 4.80. The van der Waals surface area contributed by atoms with E-state index in [1.54, 1.807) is 0 Å². The summed E-state index contributed by atoms with van der Waals surface area (Å²) in [6.07, 6.45) is 0. The molecule has 1 aromatic rings. The van der Waals surface area contributed by atoms with Crippen LogP contribution in [0.15, 0.2) is 17.0 Å². The lowest BCUT2D eigenvalue weighted by Crippen LogP contribution is -2.15. The zero-order valence-corrected chi connectivity index (χ0v) is 10.5. The number of ether oxygens (including phenoxy) is 1. The summed E-state index contributed by atoms with van der Waals surface area (Å²) >= 11 is 0. The molecule has 0 aromatic heterocycles. The van der Waals surface area contributed by atoms with Crippen molar-refractivity contribution >= 4 is 15.7 Å².